The average molecular weight is 719 g/mol. The van der Waals surface area contributed by atoms with Crippen molar-refractivity contribution in [3.63, 3.8) is 0 Å². The normalized spacial score (nSPS) is 10.7. The van der Waals surface area contributed by atoms with E-state index in [0.29, 0.717) is 12.0 Å². The second kappa shape index (κ2) is 33.6. The molecule has 2 aromatic rings. The van der Waals surface area contributed by atoms with Crippen molar-refractivity contribution in [2.45, 2.75) is 194 Å². The van der Waals surface area contributed by atoms with Crippen LogP contribution in [0.25, 0.3) is 0 Å². The van der Waals surface area contributed by atoms with Gasteiger partial charge in [-0.2, -0.15) is 0 Å². The SMILES string of the molecule is CCCCCCCCCCCCCCCc1cccc(C(=O)O)c1O.CCCCCCCCCCCCCCCc1cccc(C(=O)[O-])c1[O-].[Mg+2]. The standard InChI is InChI=1S/2C22H36O3.Mg/c2*1-2-3-4-5-6-7-8-9-10-11-12-13-14-16-19-17-15-18-20(21(19)23)22(24)25;/h2*15,17-18,23H,2-14,16H2,1H3,(H,24,25);/q;;+2/p-2. The molecular weight excluding hydrogens is 649 g/mol. The van der Waals surface area contributed by atoms with Gasteiger partial charge in [0.15, 0.2) is 0 Å². The number of carbonyl (C=O) groups is 2. The zero-order valence-corrected chi connectivity index (χ0v) is 33.9. The molecule has 0 saturated carbocycles. The second-order valence-electron chi connectivity index (χ2n) is 14.2. The van der Waals surface area contributed by atoms with Gasteiger partial charge in [-0.05, 0) is 42.9 Å². The molecule has 2 rings (SSSR count). The molecular formula is C44H70MgO6. The minimum atomic E-state index is -1.38. The maximum Gasteiger partial charge on any atom is 2.00 e. The predicted octanol–water partition coefficient (Wildman–Crippen LogP) is 11.1. The molecule has 7 heteroatoms. The molecule has 51 heavy (non-hydrogen) atoms. The maximum atomic E-state index is 11.9. The summed E-state index contributed by atoms with van der Waals surface area (Å²) in [5, 5.41) is 41.8. The number of aromatic hydroxyl groups is 1. The van der Waals surface area contributed by atoms with Crippen LogP contribution in [0.1, 0.15) is 213 Å². The first-order chi connectivity index (χ1) is 24.3. The molecule has 2 aromatic carbocycles. The van der Waals surface area contributed by atoms with Crippen molar-refractivity contribution in [1.82, 2.24) is 0 Å². The molecule has 0 aliphatic carbocycles. The van der Waals surface area contributed by atoms with Gasteiger partial charge >= 0.3 is 29.0 Å². The van der Waals surface area contributed by atoms with Gasteiger partial charge in [0.05, 0.1) is 5.97 Å². The molecule has 2 N–H and O–H groups in total. The Hall–Kier alpha value is -2.25. The summed E-state index contributed by atoms with van der Waals surface area (Å²) in [7, 11) is 0. The average Bonchev–Trinajstić information content (AvgIpc) is 3.10. The summed E-state index contributed by atoms with van der Waals surface area (Å²) in [6.07, 6.45) is 35.3. The van der Waals surface area contributed by atoms with E-state index in [1.807, 2.05) is 6.07 Å². The number of phenols is 1. The molecule has 0 bridgehead atoms. The molecule has 0 unspecified atom stereocenters. The first kappa shape index (κ1) is 48.7. The number of rotatable bonds is 30. The van der Waals surface area contributed by atoms with E-state index in [1.165, 1.54) is 153 Å². The first-order valence-electron chi connectivity index (χ1n) is 20.4. The number of carboxylic acids is 2. The molecule has 0 spiro atoms. The van der Waals surface area contributed by atoms with Crippen molar-refractivity contribution >= 4 is 35.0 Å². The topological polar surface area (TPSA) is 121 Å². The zero-order chi connectivity index (χ0) is 36.7. The van der Waals surface area contributed by atoms with Gasteiger partial charge in [0.1, 0.15) is 11.3 Å². The summed E-state index contributed by atoms with van der Waals surface area (Å²) in [5.41, 5.74) is 1.15. The summed E-state index contributed by atoms with van der Waals surface area (Å²) in [6.45, 7) is 4.51. The number of carboxylic acid groups (broad SMARTS) is 2. The van der Waals surface area contributed by atoms with Crippen LogP contribution in [0.3, 0.4) is 0 Å². The van der Waals surface area contributed by atoms with Crippen molar-refractivity contribution in [3.8, 4) is 11.5 Å². The fourth-order valence-electron chi connectivity index (χ4n) is 6.57. The van der Waals surface area contributed by atoms with E-state index in [1.54, 1.807) is 18.2 Å². The summed E-state index contributed by atoms with van der Waals surface area (Å²) < 4.78 is 0. The zero-order valence-electron chi connectivity index (χ0n) is 32.5. The fraction of sp³-hybridized carbons (Fsp3) is 0.682. The molecule has 284 valence electrons. The Morgan fingerprint density at radius 1 is 0.510 bits per heavy atom. The number of unbranched alkanes of at least 4 members (excludes halogenated alkanes) is 24. The molecule has 0 heterocycles. The summed E-state index contributed by atoms with van der Waals surface area (Å²) in [6, 6.07) is 9.67. The van der Waals surface area contributed by atoms with E-state index in [2.05, 4.69) is 13.8 Å². The van der Waals surface area contributed by atoms with E-state index >= 15 is 0 Å². The Morgan fingerprint density at radius 2 is 0.824 bits per heavy atom. The molecule has 0 saturated heterocycles. The third-order valence-corrected chi connectivity index (χ3v) is 9.77. The van der Waals surface area contributed by atoms with Gasteiger partial charge in [0, 0.05) is 0 Å². The van der Waals surface area contributed by atoms with Crippen molar-refractivity contribution in [2.75, 3.05) is 0 Å². The number of aryl methyl sites for hydroxylation is 2. The van der Waals surface area contributed by atoms with Crippen LogP contribution in [0.4, 0.5) is 0 Å². The number of aromatic carboxylic acids is 2. The van der Waals surface area contributed by atoms with Crippen molar-refractivity contribution in [1.29, 1.82) is 0 Å². The van der Waals surface area contributed by atoms with Gasteiger partial charge in [-0.25, -0.2) is 4.79 Å². The minimum Gasteiger partial charge on any atom is -0.872 e. The quantitative estimate of drug-likeness (QED) is 0.0612. The van der Waals surface area contributed by atoms with Crippen LogP contribution in [-0.2, 0) is 12.8 Å². The fourth-order valence-corrected chi connectivity index (χ4v) is 6.57. The van der Waals surface area contributed by atoms with Crippen LogP contribution in [0.15, 0.2) is 36.4 Å². The Balaban J connectivity index is 0.000000962. The van der Waals surface area contributed by atoms with Crippen LogP contribution in [-0.4, -0.2) is 45.2 Å². The minimum absolute atomic E-state index is 0. The molecule has 0 aliphatic rings. The van der Waals surface area contributed by atoms with Crippen LogP contribution in [0.2, 0.25) is 0 Å². The van der Waals surface area contributed by atoms with Crippen LogP contribution in [0.5, 0.6) is 11.5 Å². The van der Waals surface area contributed by atoms with Gasteiger partial charge in [-0.15, -0.1) is 0 Å². The van der Waals surface area contributed by atoms with Crippen LogP contribution in [0, 0.1) is 0 Å². The molecule has 0 atom stereocenters. The largest absolute Gasteiger partial charge is 2.00 e. The van der Waals surface area contributed by atoms with Gasteiger partial charge in [0.2, 0.25) is 0 Å². The van der Waals surface area contributed by atoms with E-state index in [4.69, 9.17) is 5.11 Å². The van der Waals surface area contributed by atoms with Crippen molar-refractivity contribution in [2.24, 2.45) is 0 Å². The van der Waals surface area contributed by atoms with E-state index in [0.717, 1.165) is 37.7 Å². The smallest absolute Gasteiger partial charge is 0.872 e. The number of hydrogen-bond donors (Lipinski definition) is 2. The van der Waals surface area contributed by atoms with Gasteiger partial charge < -0.3 is 25.2 Å². The van der Waals surface area contributed by atoms with E-state index in [9.17, 15) is 24.9 Å². The monoisotopic (exact) mass is 719 g/mol. The number of hydrogen-bond acceptors (Lipinski definition) is 5. The second-order valence-corrected chi connectivity index (χ2v) is 14.2. The summed E-state index contributed by atoms with van der Waals surface area (Å²) in [5.74, 6) is -2.88. The molecule has 0 fully saturated rings. The summed E-state index contributed by atoms with van der Waals surface area (Å²) in [4.78, 5) is 21.9. The van der Waals surface area contributed by atoms with Crippen LogP contribution >= 0.6 is 0 Å². The van der Waals surface area contributed by atoms with Gasteiger partial charge in [0.25, 0.3) is 0 Å². The third kappa shape index (κ3) is 24.6. The Morgan fingerprint density at radius 3 is 1.18 bits per heavy atom. The molecule has 0 radical (unpaired) electrons. The molecule has 6 nitrogen and oxygen atoms in total. The Labute approximate surface area is 327 Å². The van der Waals surface area contributed by atoms with E-state index < -0.39 is 11.9 Å². The van der Waals surface area contributed by atoms with Crippen molar-refractivity contribution < 1.29 is 30.0 Å². The number of benzene rings is 2. The van der Waals surface area contributed by atoms with Crippen molar-refractivity contribution in [3.05, 3.63) is 58.7 Å². The summed E-state index contributed by atoms with van der Waals surface area (Å²) >= 11 is 0. The number of para-hydroxylation sites is 2. The van der Waals surface area contributed by atoms with Gasteiger partial charge in [-0.1, -0.05) is 210 Å². The first-order valence-corrected chi connectivity index (χ1v) is 20.4. The third-order valence-electron chi connectivity index (χ3n) is 9.77. The Kier molecular flexibility index (Phi) is 32.1. The van der Waals surface area contributed by atoms with E-state index in [-0.39, 0.29) is 45.7 Å². The molecule has 0 aromatic heterocycles. The van der Waals surface area contributed by atoms with Crippen LogP contribution < -0.4 is 10.2 Å². The van der Waals surface area contributed by atoms with Gasteiger partial charge in [-0.3, -0.25) is 0 Å². The maximum absolute atomic E-state index is 11.9. The molecule has 0 aliphatic heterocycles. The number of carbonyl (C=O) groups excluding carboxylic acids is 1. The Bertz CT molecular complexity index is 1060. The predicted molar refractivity (Wildman–Crippen MR) is 210 cm³/mol. The molecule has 0 amide bonds.